The molecule has 2 saturated heterocycles. The first kappa shape index (κ1) is 30.5. The molecule has 0 bridgehead atoms. The van der Waals surface area contributed by atoms with Gasteiger partial charge in [0.1, 0.15) is 23.1 Å². The lowest BCUT2D eigenvalue weighted by atomic mass is 9.79. The van der Waals surface area contributed by atoms with Gasteiger partial charge in [-0.15, -0.1) is 0 Å². The second-order valence-corrected chi connectivity index (χ2v) is 13.7. The number of nitrogens with two attached hydrogens (primary N) is 1. The van der Waals surface area contributed by atoms with Crippen LogP contribution in [0.3, 0.4) is 0 Å². The Bertz CT molecular complexity index is 1330. The van der Waals surface area contributed by atoms with Crippen LogP contribution < -0.4 is 15.2 Å². The van der Waals surface area contributed by atoms with Gasteiger partial charge in [-0.2, -0.15) is 0 Å². The predicted octanol–water partition coefficient (Wildman–Crippen LogP) is 4.56. The number of unbranched alkanes of at least 4 members (excludes halogenated alkanes) is 1. The van der Waals surface area contributed by atoms with Crippen LogP contribution in [0.15, 0.2) is 53.4 Å². The van der Waals surface area contributed by atoms with Crippen LogP contribution in [0, 0.1) is 5.92 Å². The number of likely N-dealkylation sites (tertiary alicyclic amines) is 1. The van der Waals surface area contributed by atoms with Crippen LogP contribution in [-0.2, 0) is 26.2 Å². The number of ether oxygens (including phenoxy) is 1. The van der Waals surface area contributed by atoms with Crippen LogP contribution in [0.2, 0.25) is 0 Å². The molecule has 1 atom stereocenters. The van der Waals surface area contributed by atoms with E-state index in [4.69, 9.17) is 9.88 Å². The van der Waals surface area contributed by atoms with E-state index in [-0.39, 0.29) is 22.8 Å². The van der Waals surface area contributed by atoms with Crippen LogP contribution in [-0.4, -0.2) is 61.2 Å². The topological polar surface area (TPSA) is 122 Å². The second-order valence-electron chi connectivity index (χ2n) is 12.2. The minimum atomic E-state index is -3.74. The van der Waals surface area contributed by atoms with Gasteiger partial charge < -0.3 is 15.0 Å². The van der Waals surface area contributed by atoms with Gasteiger partial charge in [-0.3, -0.25) is 14.5 Å². The largest absolute Gasteiger partial charge is 0.457 e. The third-order valence-electron chi connectivity index (χ3n) is 9.24. The molecule has 1 saturated carbocycles. The Labute approximate surface area is 249 Å². The third kappa shape index (κ3) is 6.98. The van der Waals surface area contributed by atoms with E-state index in [1.807, 2.05) is 29.2 Å². The van der Waals surface area contributed by atoms with Crippen LogP contribution in [0.25, 0.3) is 0 Å². The molecule has 1 aliphatic carbocycles. The SMILES string of the molecule is CCCCN1C(=O)C(CC2CCCCC2)NC(=O)C12CCN(Cc1ccc(Oc3ccc(S(N)(=O)=O)cc3)cc1)CC2. The fourth-order valence-corrected chi connectivity index (χ4v) is 7.28. The number of primary sulfonamides is 1. The number of carbonyl (C=O) groups is 2. The van der Waals surface area contributed by atoms with E-state index in [9.17, 15) is 18.0 Å². The van der Waals surface area contributed by atoms with E-state index < -0.39 is 15.6 Å². The molecular weight excluding hydrogens is 552 g/mol. The smallest absolute Gasteiger partial charge is 0.246 e. The van der Waals surface area contributed by atoms with E-state index in [2.05, 4.69) is 17.1 Å². The highest BCUT2D eigenvalue weighted by Gasteiger charge is 2.53. The average Bonchev–Trinajstić information content (AvgIpc) is 2.98. The zero-order chi connectivity index (χ0) is 29.7. The van der Waals surface area contributed by atoms with Gasteiger partial charge in [0.25, 0.3) is 0 Å². The van der Waals surface area contributed by atoms with Crippen molar-refractivity contribution in [3.63, 3.8) is 0 Å². The molecule has 5 rings (SSSR count). The zero-order valence-electron chi connectivity index (χ0n) is 24.6. The normalized spacial score (nSPS) is 21.9. The standard InChI is InChI=1S/C32H44N4O5S/c1-2-3-19-36-30(37)29(22-24-7-5-4-6-8-24)34-31(38)32(36)17-20-35(21-18-32)23-25-9-11-26(12-10-25)41-27-13-15-28(16-14-27)42(33,39)40/h9-16,24,29H,2-8,17-23H2,1H3,(H,34,38)(H2,33,39,40). The lowest BCUT2D eigenvalue weighted by Gasteiger charge is -2.52. The molecular formula is C32H44N4O5S. The summed E-state index contributed by atoms with van der Waals surface area (Å²) >= 11 is 0. The highest BCUT2D eigenvalue weighted by atomic mass is 32.2. The summed E-state index contributed by atoms with van der Waals surface area (Å²) in [5, 5.41) is 8.34. The van der Waals surface area contributed by atoms with Crippen molar-refractivity contribution in [1.82, 2.24) is 15.1 Å². The molecule has 42 heavy (non-hydrogen) atoms. The number of hydrogen-bond acceptors (Lipinski definition) is 6. The maximum Gasteiger partial charge on any atom is 0.246 e. The number of nitrogens with one attached hydrogen (secondary N) is 1. The number of piperidine rings is 1. The van der Waals surface area contributed by atoms with Crippen molar-refractivity contribution in [1.29, 1.82) is 0 Å². The molecule has 10 heteroatoms. The number of piperazine rings is 1. The summed E-state index contributed by atoms with van der Waals surface area (Å²) in [5.74, 6) is 1.86. The summed E-state index contributed by atoms with van der Waals surface area (Å²) in [5.41, 5.74) is 0.380. The zero-order valence-corrected chi connectivity index (χ0v) is 25.4. The molecule has 228 valence electrons. The molecule has 2 aliphatic heterocycles. The van der Waals surface area contributed by atoms with Gasteiger partial charge >= 0.3 is 0 Å². The summed E-state index contributed by atoms with van der Waals surface area (Å²) in [7, 11) is -3.74. The second kappa shape index (κ2) is 13.1. The van der Waals surface area contributed by atoms with Gasteiger partial charge in [0, 0.05) is 26.2 Å². The van der Waals surface area contributed by atoms with E-state index >= 15 is 0 Å². The first-order valence-corrected chi connectivity index (χ1v) is 17.0. The van der Waals surface area contributed by atoms with Gasteiger partial charge in [-0.05, 0) is 73.6 Å². The molecule has 2 aromatic carbocycles. The first-order valence-electron chi connectivity index (χ1n) is 15.4. The first-order chi connectivity index (χ1) is 20.2. The Morgan fingerprint density at radius 2 is 1.57 bits per heavy atom. The summed E-state index contributed by atoms with van der Waals surface area (Å²) in [6.07, 6.45) is 10.0. The molecule has 0 aromatic heterocycles. The molecule has 3 N–H and O–H groups in total. The minimum absolute atomic E-state index is 0.0383. The summed E-state index contributed by atoms with van der Waals surface area (Å²) in [6.45, 7) is 5.00. The lowest BCUT2D eigenvalue weighted by molar-refractivity contribution is -0.162. The van der Waals surface area contributed by atoms with Crippen molar-refractivity contribution < 1.29 is 22.7 Å². The molecule has 2 aromatic rings. The molecule has 3 fully saturated rings. The number of carbonyl (C=O) groups excluding carboxylic acids is 2. The third-order valence-corrected chi connectivity index (χ3v) is 10.2. The summed E-state index contributed by atoms with van der Waals surface area (Å²) in [4.78, 5) is 31.8. The number of nitrogens with zero attached hydrogens (tertiary/aromatic N) is 2. The number of sulfonamides is 1. The number of amides is 2. The fraction of sp³-hybridized carbons (Fsp3) is 0.562. The van der Waals surface area contributed by atoms with E-state index in [1.54, 1.807) is 12.1 Å². The molecule has 0 radical (unpaired) electrons. The Morgan fingerprint density at radius 3 is 2.17 bits per heavy atom. The Morgan fingerprint density at radius 1 is 0.952 bits per heavy atom. The van der Waals surface area contributed by atoms with Crippen molar-refractivity contribution >= 4 is 21.8 Å². The summed E-state index contributed by atoms with van der Waals surface area (Å²) < 4.78 is 28.8. The van der Waals surface area contributed by atoms with Crippen molar-refractivity contribution in [2.75, 3.05) is 19.6 Å². The van der Waals surface area contributed by atoms with Crippen LogP contribution >= 0.6 is 0 Å². The van der Waals surface area contributed by atoms with Crippen LogP contribution in [0.5, 0.6) is 11.5 Å². The molecule has 1 spiro atoms. The average molecular weight is 597 g/mol. The highest BCUT2D eigenvalue weighted by molar-refractivity contribution is 7.89. The minimum Gasteiger partial charge on any atom is -0.457 e. The van der Waals surface area contributed by atoms with Gasteiger partial charge in [0.2, 0.25) is 21.8 Å². The van der Waals surface area contributed by atoms with Crippen molar-refractivity contribution in [2.24, 2.45) is 11.1 Å². The number of rotatable bonds is 10. The number of hydrogen-bond donors (Lipinski definition) is 2. The Hall–Kier alpha value is -2.95. The maximum absolute atomic E-state index is 13.8. The van der Waals surface area contributed by atoms with Gasteiger partial charge in [-0.1, -0.05) is 57.6 Å². The molecule has 9 nitrogen and oxygen atoms in total. The van der Waals surface area contributed by atoms with Crippen molar-refractivity contribution in [2.45, 2.75) is 94.2 Å². The van der Waals surface area contributed by atoms with Gasteiger partial charge in [0.05, 0.1) is 4.90 Å². The quantitative estimate of drug-likeness (QED) is 0.415. The molecule has 2 heterocycles. The Kier molecular flexibility index (Phi) is 9.54. The van der Waals surface area contributed by atoms with Gasteiger partial charge in [-0.25, -0.2) is 13.6 Å². The predicted molar refractivity (Wildman–Crippen MR) is 161 cm³/mol. The number of benzene rings is 2. The molecule has 1 unspecified atom stereocenters. The van der Waals surface area contributed by atoms with Crippen molar-refractivity contribution in [3.8, 4) is 11.5 Å². The van der Waals surface area contributed by atoms with E-state index in [0.29, 0.717) is 36.8 Å². The van der Waals surface area contributed by atoms with Crippen LogP contribution in [0.4, 0.5) is 0 Å². The fourth-order valence-electron chi connectivity index (χ4n) is 6.76. The van der Waals surface area contributed by atoms with Crippen LogP contribution in [0.1, 0.15) is 76.7 Å². The van der Waals surface area contributed by atoms with Crippen molar-refractivity contribution in [3.05, 3.63) is 54.1 Å². The van der Waals surface area contributed by atoms with E-state index in [0.717, 1.165) is 57.3 Å². The maximum atomic E-state index is 13.8. The van der Waals surface area contributed by atoms with Gasteiger partial charge in [0.15, 0.2) is 0 Å². The summed E-state index contributed by atoms with van der Waals surface area (Å²) in [6, 6.07) is 13.4. The highest BCUT2D eigenvalue weighted by Crippen LogP contribution is 2.36. The Balaban J connectivity index is 1.18. The van der Waals surface area contributed by atoms with E-state index in [1.165, 1.54) is 31.4 Å². The monoisotopic (exact) mass is 596 g/mol. The molecule has 2 amide bonds. The molecule has 3 aliphatic rings. The lowest BCUT2D eigenvalue weighted by Crippen LogP contribution is -2.73.